The maximum Gasteiger partial charge on any atom is 0.224 e. The molecule has 0 fully saturated rings. The minimum Gasteiger partial charge on any atom is -0.396 e. The van der Waals surface area contributed by atoms with E-state index in [1.807, 2.05) is 14.0 Å². The van der Waals surface area contributed by atoms with Crippen molar-refractivity contribution in [3.05, 3.63) is 0 Å². The maximum absolute atomic E-state index is 11.6. The molecule has 96 valence electrons. The second kappa shape index (κ2) is 9.60. The standard InChI is InChI=1S/C12H26N2O2/c1-4-5-11(6-7-15)9-14-12(16)10(2)8-13-3/h10-11,13,15H,4-9H2,1-3H3,(H,14,16). The first kappa shape index (κ1) is 15.4. The van der Waals surface area contributed by atoms with Crippen molar-refractivity contribution in [2.45, 2.75) is 33.1 Å². The molecule has 0 aliphatic carbocycles. The number of rotatable bonds is 9. The van der Waals surface area contributed by atoms with Crippen molar-refractivity contribution in [3.8, 4) is 0 Å². The second-order valence-electron chi connectivity index (χ2n) is 4.37. The lowest BCUT2D eigenvalue weighted by atomic mass is 10.00. The topological polar surface area (TPSA) is 61.4 Å². The summed E-state index contributed by atoms with van der Waals surface area (Å²) in [5.74, 6) is 0.496. The Labute approximate surface area is 98.8 Å². The molecule has 0 aliphatic heterocycles. The van der Waals surface area contributed by atoms with Gasteiger partial charge >= 0.3 is 0 Å². The predicted molar refractivity (Wildman–Crippen MR) is 66.2 cm³/mol. The molecule has 0 aromatic heterocycles. The first-order chi connectivity index (χ1) is 7.65. The molecule has 0 saturated carbocycles. The quantitative estimate of drug-likeness (QED) is 0.548. The number of carbonyl (C=O) groups is 1. The van der Waals surface area contributed by atoms with Gasteiger partial charge in [0.1, 0.15) is 0 Å². The molecule has 0 heterocycles. The molecular weight excluding hydrogens is 204 g/mol. The van der Waals surface area contributed by atoms with E-state index in [4.69, 9.17) is 5.11 Å². The Morgan fingerprint density at radius 3 is 2.50 bits per heavy atom. The van der Waals surface area contributed by atoms with Gasteiger partial charge in [-0.15, -0.1) is 0 Å². The molecule has 3 N–H and O–H groups in total. The lowest BCUT2D eigenvalue weighted by Crippen LogP contribution is -2.37. The summed E-state index contributed by atoms with van der Waals surface area (Å²) in [5.41, 5.74) is 0. The van der Waals surface area contributed by atoms with Gasteiger partial charge in [-0.25, -0.2) is 0 Å². The second-order valence-corrected chi connectivity index (χ2v) is 4.37. The number of aliphatic hydroxyl groups excluding tert-OH is 1. The van der Waals surface area contributed by atoms with E-state index in [-0.39, 0.29) is 18.4 Å². The fraction of sp³-hybridized carbons (Fsp3) is 0.917. The highest BCUT2D eigenvalue weighted by molar-refractivity contribution is 5.78. The molecule has 1 amide bonds. The third-order valence-electron chi connectivity index (χ3n) is 2.76. The summed E-state index contributed by atoms with van der Waals surface area (Å²) < 4.78 is 0. The van der Waals surface area contributed by atoms with E-state index < -0.39 is 0 Å². The van der Waals surface area contributed by atoms with Gasteiger partial charge in [-0.1, -0.05) is 20.3 Å². The van der Waals surface area contributed by atoms with Crippen molar-refractivity contribution in [1.82, 2.24) is 10.6 Å². The summed E-state index contributed by atoms with van der Waals surface area (Å²) in [7, 11) is 1.84. The number of hydrogen-bond donors (Lipinski definition) is 3. The summed E-state index contributed by atoms with van der Waals surface area (Å²) in [6, 6.07) is 0. The molecule has 0 spiro atoms. The zero-order chi connectivity index (χ0) is 12.4. The summed E-state index contributed by atoms with van der Waals surface area (Å²) in [4.78, 5) is 11.6. The molecule has 16 heavy (non-hydrogen) atoms. The molecule has 2 atom stereocenters. The van der Waals surface area contributed by atoms with Crippen molar-refractivity contribution in [2.75, 3.05) is 26.7 Å². The van der Waals surface area contributed by atoms with E-state index in [0.717, 1.165) is 19.3 Å². The van der Waals surface area contributed by atoms with E-state index in [9.17, 15) is 4.79 Å². The molecule has 0 saturated heterocycles. The van der Waals surface area contributed by atoms with Crippen LogP contribution < -0.4 is 10.6 Å². The number of amides is 1. The predicted octanol–water partition coefficient (Wildman–Crippen LogP) is 0.757. The average Bonchev–Trinajstić information content (AvgIpc) is 2.26. The van der Waals surface area contributed by atoms with E-state index in [1.54, 1.807) is 0 Å². The Balaban J connectivity index is 3.85. The average molecular weight is 230 g/mol. The first-order valence-corrected chi connectivity index (χ1v) is 6.18. The lowest BCUT2D eigenvalue weighted by Gasteiger charge is -2.17. The Bertz CT molecular complexity index is 180. The van der Waals surface area contributed by atoms with E-state index in [0.29, 0.717) is 19.0 Å². The molecule has 4 heteroatoms. The number of nitrogens with one attached hydrogen (secondary N) is 2. The number of hydrogen-bond acceptors (Lipinski definition) is 3. The summed E-state index contributed by atoms with van der Waals surface area (Å²) in [5, 5.41) is 14.8. The van der Waals surface area contributed by atoms with E-state index in [2.05, 4.69) is 17.6 Å². The largest absolute Gasteiger partial charge is 0.396 e. The highest BCUT2D eigenvalue weighted by Gasteiger charge is 2.13. The number of aliphatic hydroxyl groups is 1. The Morgan fingerprint density at radius 1 is 1.31 bits per heavy atom. The molecule has 0 rings (SSSR count). The first-order valence-electron chi connectivity index (χ1n) is 6.18. The molecule has 0 bridgehead atoms. The van der Waals surface area contributed by atoms with Crippen LogP contribution in [0.25, 0.3) is 0 Å². The van der Waals surface area contributed by atoms with Crippen LogP contribution in [0.15, 0.2) is 0 Å². The van der Waals surface area contributed by atoms with Crippen LogP contribution in [-0.2, 0) is 4.79 Å². The summed E-state index contributed by atoms with van der Waals surface area (Å²) in [6.07, 6.45) is 2.92. The van der Waals surface area contributed by atoms with Crippen LogP contribution in [0.1, 0.15) is 33.1 Å². The van der Waals surface area contributed by atoms with Crippen molar-refractivity contribution >= 4 is 5.91 Å². The Kier molecular flexibility index (Phi) is 9.24. The van der Waals surface area contributed by atoms with Crippen molar-refractivity contribution in [2.24, 2.45) is 11.8 Å². The highest BCUT2D eigenvalue weighted by Crippen LogP contribution is 2.09. The molecule has 4 nitrogen and oxygen atoms in total. The van der Waals surface area contributed by atoms with Gasteiger partial charge in [0.15, 0.2) is 0 Å². The molecule has 0 aromatic carbocycles. The van der Waals surface area contributed by atoms with Crippen LogP contribution in [-0.4, -0.2) is 37.8 Å². The zero-order valence-corrected chi connectivity index (χ0v) is 10.8. The van der Waals surface area contributed by atoms with Gasteiger partial charge in [-0.2, -0.15) is 0 Å². The smallest absolute Gasteiger partial charge is 0.224 e. The molecular formula is C12H26N2O2. The monoisotopic (exact) mass is 230 g/mol. The van der Waals surface area contributed by atoms with E-state index in [1.165, 1.54) is 0 Å². The lowest BCUT2D eigenvalue weighted by molar-refractivity contribution is -0.124. The fourth-order valence-corrected chi connectivity index (χ4v) is 1.76. The Morgan fingerprint density at radius 2 is 2.00 bits per heavy atom. The van der Waals surface area contributed by atoms with Crippen LogP contribution in [0.5, 0.6) is 0 Å². The molecule has 0 aromatic rings. The van der Waals surface area contributed by atoms with Crippen LogP contribution in [0.2, 0.25) is 0 Å². The fourth-order valence-electron chi connectivity index (χ4n) is 1.76. The van der Waals surface area contributed by atoms with Gasteiger partial charge in [0.05, 0.1) is 0 Å². The third-order valence-corrected chi connectivity index (χ3v) is 2.76. The van der Waals surface area contributed by atoms with Crippen molar-refractivity contribution in [3.63, 3.8) is 0 Å². The van der Waals surface area contributed by atoms with Crippen molar-refractivity contribution < 1.29 is 9.90 Å². The van der Waals surface area contributed by atoms with Gasteiger partial charge in [-0.3, -0.25) is 4.79 Å². The number of carbonyl (C=O) groups excluding carboxylic acids is 1. The summed E-state index contributed by atoms with van der Waals surface area (Å²) in [6.45, 7) is 5.61. The summed E-state index contributed by atoms with van der Waals surface area (Å²) >= 11 is 0. The van der Waals surface area contributed by atoms with Gasteiger partial charge in [-0.05, 0) is 25.8 Å². The van der Waals surface area contributed by atoms with Crippen LogP contribution in [0.4, 0.5) is 0 Å². The molecule has 2 unspecified atom stereocenters. The normalized spacial score (nSPS) is 14.5. The minimum atomic E-state index is 0.00130. The van der Waals surface area contributed by atoms with Gasteiger partial charge < -0.3 is 15.7 Å². The Hall–Kier alpha value is -0.610. The minimum absolute atomic E-state index is 0.00130. The van der Waals surface area contributed by atoms with Crippen molar-refractivity contribution in [1.29, 1.82) is 0 Å². The van der Waals surface area contributed by atoms with E-state index >= 15 is 0 Å². The van der Waals surface area contributed by atoms with Gasteiger partial charge in [0.25, 0.3) is 0 Å². The maximum atomic E-state index is 11.6. The molecule has 0 aliphatic rings. The van der Waals surface area contributed by atoms with Crippen LogP contribution in [0.3, 0.4) is 0 Å². The highest BCUT2D eigenvalue weighted by atomic mass is 16.3. The molecule has 0 radical (unpaired) electrons. The van der Waals surface area contributed by atoms with Crippen LogP contribution >= 0.6 is 0 Å². The third kappa shape index (κ3) is 6.80. The van der Waals surface area contributed by atoms with Gasteiger partial charge in [0.2, 0.25) is 5.91 Å². The SMILES string of the molecule is CCCC(CCO)CNC(=O)C(C)CNC. The zero-order valence-electron chi connectivity index (χ0n) is 10.8. The van der Waals surface area contributed by atoms with Crippen LogP contribution in [0, 0.1) is 11.8 Å². The van der Waals surface area contributed by atoms with Gasteiger partial charge in [0, 0.05) is 25.6 Å².